The van der Waals surface area contributed by atoms with Crippen LogP contribution in [0.15, 0.2) is 54.6 Å². The molecule has 0 radical (unpaired) electrons. The summed E-state index contributed by atoms with van der Waals surface area (Å²) in [5.74, 6) is -0.512. The predicted octanol–water partition coefficient (Wildman–Crippen LogP) is 5.41. The van der Waals surface area contributed by atoms with Gasteiger partial charge in [-0.25, -0.2) is 0 Å². The van der Waals surface area contributed by atoms with Gasteiger partial charge in [0.1, 0.15) is 0 Å². The lowest BCUT2D eigenvalue weighted by Gasteiger charge is -2.43. The van der Waals surface area contributed by atoms with Crippen LogP contribution in [0.3, 0.4) is 0 Å². The molecule has 2 aromatic rings. The molecule has 2 fully saturated rings. The molecule has 0 spiro atoms. The van der Waals surface area contributed by atoms with E-state index in [1.807, 2.05) is 30.3 Å². The molecule has 2 aromatic carbocycles. The first kappa shape index (κ1) is 24.7. The molecule has 6 heteroatoms. The van der Waals surface area contributed by atoms with Crippen molar-refractivity contribution in [2.24, 2.45) is 11.7 Å². The third-order valence-corrected chi connectivity index (χ3v) is 8.22. The van der Waals surface area contributed by atoms with Crippen molar-refractivity contribution >= 4 is 23.5 Å². The van der Waals surface area contributed by atoms with Crippen LogP contribution in [0.4, 0.5) is 0 Å². The second kappa shape index (κ2) is 10.1. The summed E-state index contributed by atoms with van der Waals surface area (Å²) in [5.41, 5.74) is 6.08. The summed E-state index contributed by atoms with van der Waals surface area (Å²) in [4.78, 5) is 28.6. The quantitative estimate of drug-likeness (QED) is 0.535. The standard InChI is InChI=1S/C28H35ClN2O3/c1-31(2)24(20-8-4-3-5-9-20)21-14-18-28(19-15-21,25(30)32)34-26(33)27(16-6-7-17-27)22-10-12-23(29)13-11-22/h3-5,8-13,21,24H,6-7,14-19H2,1-2H3,(H2,30,32). The lowest BCUT2D eigenvalue weighted by Crippen LogP contribution is -2.53. The SMILES string of the molecule is CN(C)C(c1ccccc1)C1CCC(OC(=O)C2(c3ccc(Cl)cc3)CCCC2)(C(N)=O)CC1. The zero-order chi connectivity index (χ0) is 24.3. The van der Waals surface area contributed by atoms with Crippen LogP contribution in [0.1, 0.15) is 68.5 Å². The molecular formula is C28H35ClN2O3. The van der Waals surface area contributed by atoms with Crippen LogP contribution in [-0.2, 0) is 19.7 Å². The second-order valence-corrected chi connectivity index (χ2v) is 10.6. The molecule has 182 valence electrons. The highest BCUT2D eigenvalue weighted by molar-refractivity contribution is 6.30. The van der Waals surface area contributed by atoms with Crippen LogP contribution < -0.4 is 5.73 Å². The van der Waals surface area contributed by atoms with Crippen molar-refractivity contribution in [3.8, 4) is 0 Å². The molecule has 0 heterocycles. The number of nitrogens with two attached hydrogens (primary N) is 1. The van der Waals surface area contributed by atoms with E-state index in [1.54, 1.807) is 0 Å². The van der Waals surface area contributed by atoms with Crippen LogP contribution in [-0.4, -0.2) is 36.5 Å². The van der Waals surface area contributed by atoms with Gasteiger partial charge in [0.25, 0.3) is 5.91 Å². The highest BCUT2D eigenvalue weighted by Crippen LogP contribution is 2.46. The first-order chi connectivity index (χ1) is 16.3. The molecule has 1 amide bonds. The Bertz CT molecular complexity index is 992. The van der Waals surface area contributed by atoms with Crippen molar-refractivity contribution in [3.63, 3.8) is 0 Å². The van der Waals surface area contributed by atoms with E-state index >= 15 is 0 Å². The maximum atomic E-state index is 13.7. The van der Waals surface area contributed by atoms with Crippen molar-refractivity contribution < 1.29 is 14.3 Å². The zero-order valence-electron chi connectivity index (χ0n) is 20.1. The van der Waals surface area contributed by atoms with E-state index < -0.39 is 16.9 Å². The van der Waals surface area contributed by atoms with E-state index in [2.05, 4.69) is 43.3 Å². The zero-order valence-corrected chi connectivity index (χ0v) is 20.9. The summed E-state index contributed by atoms with van der Waals surface area (Å²) in [6, 6.07) is 18.1. The highest BCUT2D eigenvalue weighted by Gasteiger charge is 2.51. The molecule has 2 N–H and O–H groups in total. The monoisotopic (exact) mass is 482 g/mol. The minimum absolute atomic E-state index is 0.234. The smallest absolute Gasteiger partial charge is 0.317 e. The van der Waals surface area contributed by atoms with Crippen molar-refractivity contribution in [1.82, 2.24) is 4.90 Å². The van der Waals surface area contributed by atoms with Gasteiger partial charge >= 0.3 is 5.97 Å². The number of ether oxygens (including phenoxy) is 1. The van der Waals surface area contributed by atoms with Gasteiger partial charge < -0.3 is 15.4 Å². The summed E-state index contributed by atoms with van der Waals surface area (Å²) >= 11 is 6.09. The topological polar surface area (TPSA) is 72.6 Å². The molecule has 5 nitrogen and oxygen atoms in total. The average molecular weight is 483 g/mol. The number of nitrogens with zero attached hydrogens (tertiary/aromatic N) is 1. The molecule has 0 aliphatic heterocycles. The predicted molar refractivity (Wildman–Crippen MR) is 134 cm³/mol. The van der Waals surface area contributed by atoms with Gasteiger partial charge in [0.05, 0.1) is 5.41 Å². The van der Waals surface area contributed by atoms with Gasteiger partial charge in [0.15, 0.2) is 5.60 Å². The number of carbonyl (C=O) groups excluding carboxylic acids is 2. The van der Waals surface area contributed by atoms with Crippen LogP contribution >= 0.6 is 11.6 Å². The van der Waals surface area contributed by atoms with E-state index in [1.165, 1.54) is 5.56 Å². The molecule has 2 aliphatic rings. The summed E-state index contributed by atoms with van der Waals surface area (Å²) in [5, 5.41) is 0.631. The Morgan fingerprint density at radius 3 is 2.09 bits per heavy atom. The third kappa shape index (κ3) is 4.73. The minimum Gasteiger partial charge on any atom is -0.448 e. The van der Waals surface area contributed by atoms with Crippen LogP contribution in [0.5, 0.6) is 0 Å². The van der Waals surface area contributed by atoms with Crippen molar-refractivity contribution in [2.45, 2.75) is 68.4 Å². The molecule has 0 saturated heterocycles. The Hall–Kier alpha value is -2.37. The van der Waals surface area contributed by atoms with E-state index in [0.717, 1.165) is 31.2 Å². The van der Waals surface area contributed by atoms with Crippen molar-refractivity contribution in [1.29, 1.82) is 0 Å². The number of esters is 1. The van der Waals surface area contributed by atoms with Gasteiger partial charge in [0.2, 0.25) is 0 Å². The molecule has 1 atom stereocenters. The van der Waals surface area contributed by atoms with Gasteiger partial charge in [-0.05, 0) is 81.8 Å². The van der Waals surface area contributed by atoms with Crippen molar-refractivity contribution in [2.75, 3.05) is 14.1 Å². The van der Waals surface area contributed by atoms with Gasteiger partial charge in [0, 0.05) is 11.1 Å². The number of amides is 1. The normalized spacial score (nSPS) is 25.1. The summed E-state index contributed by atoms with van der Waals surface area (Å²) in [6.45, 7) is 0. The Morgan fingerprint density at radius 1 is 0.971 bits per heavy atom. The minimum atomic E-state index is -1.25. The molecule has 0 aromatic heterocycles. The largest absolute Gasteiger partial charge is 0.448 e. The highest BCUT2D eigenvalue weighted by atomic mass is 35.5. The number of hydrogen-bond acceptors (Lipinski definition) is 4. The third-order valence-electron chi connectivity index (χ3n) is 7.96. The van der Waals surface area contributed by atoms with E-state index in [0.29, 0.717) is 36.6 Å². The summed E-state index contributed by atoms with van der Waals surface area (Å²) < 4.78 is 6.15. The van der Waals surface area contributed by atoms with Crippen LogP contribution in [0, 0.1) is 5.92 Å². The van der Waals surface area contributed by atoms with E-state index in [9.17, 15) is 9.59 Å². The fourth-order valence-corrected chi connectivity index (χ4v) is 6.22. The number of benzene rings is 2. The maximum Gasteiger partial charge on any atom is 0.317 e. The van der Waals surface area contributed by atoms with E-state index in [4.69, 9.17) is 22.1 Å². The number of primary amides is 1. The Balaban J connectivity index is 1.54. The fourth-order valence-electron chi connectivity index (χ4n) is 6.10. The first-order valence-electron chi connectivity index (χ1n) is 12.3. The molecule has 1 unspecified atom stereocenters. The average Bonchev–Trinajstić information content (AvgIpc) is 3.33. The molecule has 2 aliphatic carbocycles. The number of carbonyl (C=O) groups is 2. The molecule has 4 rings (SSSR count). The summed E-state index contributed by atoms with van der Waals surface area (Å²) in [7, 11) is 4.17. The Kier molecular flexibility index (Phi) is 7.34. The molecule has 2 saturated carbocycles. The second-order valence-electron chi connectivity index (χ2n) is 10.2. The number of rotatable bonds is 7. The lowest BCUT2D eigenvalue weighted by atomic mass is 9.73. The Morgan fingerprint density at radius 2 is 1.56 bits per heavy atom. The molecular weight excluding hydrogens is 448 g/mol. The van der Waals surface area contributed by atoms with Crippen LogP contribution in [0.25, 0.3) is 0 Å². The molecule has 0 bridgehead atoms. The first-order valence-corrected chi connectivity index (χ1v) is 12.7. The maximum absolute atomic E-state index is 13.7. The van der Waals surface area contributed by atoms with Crippen molar-refractivity contribution in [3.05, 3.63) is 70.7 Å². The Labute approximate surface area is 207 Å². The van der Waals surface area contributed by atoms with E-state index in [-0.39, 0.29) is 12.0 Å². The van der Waals surface area contributed by atoms with Gasteiger partial charge in [-0.2, -0.15) is 0 Å². The lowest BCUT2D eigenvalue weighted by molar-refractivity contribution is -0.178. The number of hydrogen-bond donors (Lipinski definition) is 1. The molecule has 34 heavy (non-hydrogen) atoms. The van der Waals surface area contributed by atoms with Crippen LogP contribution in [0.2, 0.25) is 5.02 Å². The summed E-state index contributed by atoms with van der Waals surface area (Å²) in [6.07, 6.45) is 5.75. The van der Waals surface area contributed by atoms with Gasteiger partial charge in [-0.1, -0.05) is 66.9 Å². The number of halogens is 1. The fraction of sp³-hybridized carbons (Fsp3) is 0.500. The van der Waals surface area contributed by atoms with Gasteiger partial charge in [-0.15, -0.1) is 0 Å². The van der Waals surface area contributed by atoms with Gasteiger partial charge in [-0.3, -0.25) is 9.59 Å².